The largest absolute Gasteiger partial charge is 0.394 e. The van der Waals surface area contributed by atoms with Gasteiger partial charge in [-0.3, -0.25) is 4.79 Å². The van der Waals surface area contributed by atoms with Gasteiger partial charge in [-0.1, -0.05) is 282 Å². The lowest BCUT2D eigenvalue weighted by atomic mass is 9.99. The van der Waals surface area contributed by atoms with Gasteiger partial charge in [0.25, 0.3) is 0 Å². The lowest BCUT2D eigenvalue weighted by Gasteiger charge is -2.40. The number of rotatable bonds is 54. The normalized spacial score (nSPS) is 19.3. The molecule has 71 heavy (non-hydrogen) atoms. The van der Waals surface area contributed by atoms with Crippen molar-refractivity contribution >= 4 is 5.91 Å². The molecule has 9 nitrogen and oxygen atoms in total. The molecule has 1 amide bonds. The highest BCUT2D eigenvalue weighted by molar-refractivity contribution is 5.76. The summed E-state index contributed by atoms with van der Waals surface area (Å²) in [7, 11) is 0. The average Bonchev–Trinajstić information content (AvgIpc) is 3.37. The number of aliphatic hydroxyl groups excluding tert-OH is 5. The number of hydrogen-bond donors (Lipinski definition) is 6. The van der Waals surface area contributed by atoms with Crippen molar-refractivity contribution in [1.82, 2.24) is 5.32 Å². The van der Waals surface area contributed by atoms with E-state index >= 15 is 0 Å². The first kappa shape index (κ1) is 67.7. The predicted molar refractivity (Wildman–Crippen MR) is 300 cm³/mol. The van der Waals surface area contributed by atoms with E-state index in [0.717, 1.165) is 38.5 Å². The van der Waals surface area contributed by atoms with Crippen molar-refractivity contribution in [1.29, 1.82) is 0 Å². The Morgan fingerprint density at radius 1 is 0.465 bits per heavy atom. The number of hydrogen-bond acceptors (Lipinski definition) is 8. The number of carbonyl (C=O) groups is 1. The summed E-state index contributed by atoms with van der Waals surface area (Å²) in [6.45, 7) is 3.82. The third-order valence-electron chi connectivity index (χ3n) is 15.0. The molecule has 1 saturated heterocycles. The molecule has 9 heteroatoms. The molecule has 0 saturated carbocycles. The fourth-order valence-corrected chi connectivity index (χ4v) is 10.1. The topological polar surface area (TPSA) is 149 Å². The molecule has 1 heterocycles. The number of allylic oxidation sites excluding steroid dienone is 3. The third-order valence-corrected chi connectivity index (χ3v) is 15.0. The molecule has 1 aliphatic rings. The van der Waals surface area contributed by atoms with E-state index in [0.29, 0.717) is 6.42 Å². The lowest BCUT2D eigenvalue weighted by Crippen LogP contribution is -2.60. The summed E-state index contributed by atoms with van der Waals surface area (Å²) >= 11 is 0. The van der Waals surface area contributed by atoms with E-state index < -0.39 is 49.5 Å². The molecule has 7 unspecified atom stereocenters. The van der Waals surface area contributed by atoms with Crippen LogP contribution >= 0.6 is 0 Å². The van der Waals surface area contributed by atoms with Crippen molar-refractivity contribution in [2.75, 3.05) is 13.2 Å². The fraction of sp³-hybridized carbons (Fsp3) is 0.919. The van der Waals surface area contributed by atoms with E-state index in [-0.39, 0.29) is 12.5 Å². The predicted octanol–water partition coefficient (Wildman–Crippen LogP) is 15.7. The maximum Gasteiger partial charge on any atom is 0.220 e. The van der Waals surface area contributed by atoms with Gasteiger partial charge in [-0.15, -0.1) is 0 Å². The number of aliphatic hydroxyl groups is 5. The first-order valence-electron chi connectivity index (χ1n) is 31.1. The molecule has 0 aliphatic carbocycles. The minimum Gasteiger partial charge on any atom is -0.394 e. The van der Waals surface area contributed by atoms with E-state index in [9.17, 15) is 30.3 Å². The van der Waals surface area contributed by atoms with Crippen LogP contribution in [0.1, 0.15) is 309 Å². The van der Waals surface area contributed by atoms with Crippen molar-refractivity contribution < 1.29 is 39.8 Å². The molecule has 0 bridgehead atoms. The van der Waals surface area contributed by atoms with Crippen LogP contribution in [-0.4, -0.2) is 87.5 Å². The van der Waals surface area contributed by atoms with E-state index in [1.165, 1.54) is 250 Å². The van der Waals surface area contributed by atoms with Crippen molar-refractivity contribution in [2.24, 2.45) is 0 Å². The summed E-state index contributed by atoms with van der Waals surface area (Å²) < 4.78 is 11.3. The van der Waals surface area contributed by atoms with Crippen LogP contribution in [0.2, 0.25) is 0 Å². The zero-order valence-electron chi connectivity index (χ0n) is 46.8. The number of ether oxygens (including phenoxy) is 2. The summed E-state index contributed by atoms with van der Waals surface area (Å²) in [5, 5.41) is 54.6. The Hall–Kier alpha value is -1.33. The quantitative estimate of drug-likeness (QED) is 0.0261. The SMILES string of the molecule is CCCCCCCCCCCCCC/C=C\CCCCCCCCCCC(=O)NC(COC1OC(CO)C(O)C(O)C1O)C(O)/C=C/CCCCCCCCCCCCCCCCCCCCCCCC. The molecule has 0 aromatic heterocycles. The van der Waals surface area contributed by atoms with E-state index in [1.807, 2.05) is 6.08 Å². The molecule has 0 aromatic carbocycles. The molecule has 1 fully saturated rings. The standard InChI is InChI=1S/C62H119NO8/c1-3-5-7-9-11-13-15-17-19-21-23-25-27-29-31-33-35-37-39-41-43-45-47-49-51-56(65)55(54-70-62-61(69)60(68)59(67)57(53-64)71-62)63-58(66)52-50-48-46-44-42-40-38-36-34-32-30-28-26-24-22-20-18-16-14-12-10-8-6-4-2/h30,32,49,51,55-57,59-62,64-65,67-69H,3-29,31,33-48,50,52-54H2,1-2H3,(H,63,66)/b32-30-,51-49+. The monoisotopic (exact) mass is 1010 g/mol. The van der Waals surface area contributed by atoms with Gasteiger partial charge in [-0.2, -0.15) is 0 Å². The van der Waals surface area contributed by atoms with Crippen LogP contribution in [0, 0.1) is 0 Å². The van der Waals surface area contributed by atoms with E-state index in [4.69, 9.17) is 9.47 Å². The second-order valence-corrected chi connectivity index (χ2v) is 21.9. The van der Waals surface area contributed by atoms with Gasteiger partial charge in [0.15, 0.2) is 6.29 Å². The molecule has 0 aromatic rings. The highest BCUT2D eigenvalue weighted by Gasteiger charge is 2.44. The first-order chi connectivity index (χ1) is 34.8. The van der Waals surface area contributed by atoms with Gasteiger partial charge in [0.2, 0.25) is 5.91 Å². The van der Waals surface area contributed by atoms with Gasteiger partial charge >= 0.3 is 0 Å². The summed E-state index contributed by atoms with van der Waals surface area (Å²) in [5.74, 6) is -0.175. The molecular weight excluding hydrogens is 887 g/mol. The van der Waals surface area contributed by atoms with E-state index in [2.05, 4.69) is 31.3 Å². The van der Waals surface area contributed by atoms with Crippen LogP contribution < -0.4 is 5.32 Å². The number of amides is 1. The van der Waals surface area contributed by atoms with Crippen LogP contribution in [-0.2, 0) is 14.3 Å². The summed E-state index contributed by atoms with van der Waals surface area (Å²) in [4.78, 5) is 13.1. The molecule has 6 N–H and O–H groups in total. The zero-order valence-corrected chi connectivity index (χ0v) is 46.8. The fourth-order valence-electron chi connectivity index (χ4n) is 10.1. The second kappa shape index (κ2) is 52.1. The number of carbonyl (C=O) groups excluding carboxylic acids is 1. The van der Waals surface area contributed by atoms with E-state index in [1.54, 1.807) is 6.08 Å². The summed E-state index contributed by atoms with van der Waals surface area (Å²) in [5.41, 5.74) is 0. The number of nitrogens with one attached hydrogen (secondary N) is 1. The Balaban J connectivity index is 2.20. The molecule has 0 radical (unpaired) electrons. The van der Waals surface area contributed by atoms with Crippen LogP contribution in [0.25, 0.3) is 0 Å². The minimum atomic E-state index is -1.57. The Kier molecular flexibility index (Phi) is 49.7. The average molecular weight is 1010 g/mol. The van der Waals surface area contributed by atoms with Crippen LogP contribution in [0.4, 0.5) is 0 Å². The zero-order chi connectivity index (χ0) is 51.5. The van der Waals surface area contributed by atoms with Gasteiger partial charge in [0.1, 0.15) is 24.4 Å². The second-order valence-electron chi connectivity index (χ2n) is 21.9. The summed E-state index contributed by atoms with van der Waals surface area (Å²) in [6.07, 6.45) is 59.7. The minimum absolute atomic E-state index is 0.175. The molecule has 1 aliphatic heterocycles. The van der Waals surface area contributed by atoms with Gasteiger partial charge in [-0.25, -0.2) is 0 Å². The Labute approximate surface area is 439 Å². The molecule has 420 valence electrons. The Bertz CT molecular complexity index is 1170. The Morgan fingerprint density at radius 2 is 0.789 bits per heavy atom. The first-order valence-corrected chi connectivity index (χ1v) is 31.1. The van der Waals surface area contributed by atoms with Crippen molar-refractivity contribution in [2.45, 2.75) is 352 Å². The lowest BCUT2D eigenvalue weighted by molar-refractivity contribution is -0.302. The summed E-state index contributed by atoms with van der Waals surface area (Å²) in [6, 6.07) is -0.806. The third kappa shape index (κ3) is 41.6. The Morgan fingerprint density at radius 3 is 1.14 bits per heavy atom. The van der Waals surface area contributed by atoms with Crippen LogP contribution in [0.5, 0.6) is 0 Å². The molecular formula is C62H119NO8. The maximum absolute atomic E-state index is 13.1. The smallest absolute Gasteiger partial charge is 0.220 e. The van der Waals surface area contributed by atoms with Gasteiger partial charge in [0, 0.05) is 6.42 Å². The van der Waals surface area contributed by atoms with Crippen molar-refractivity contribution in [3.8, 4) is 0 Å². The maximum atomic E-state index is 13.1. The number of unbranched alkanes of at least 4 members (excludes halogenated alkanes) is 42. The van der Waals surface area contributed by atoms with Crippen molar-refractivity contribution in [3.05, 3.63) is 24.3 Å². The van der Waals surface area contributed by atoms with Crippen molar-refractivity contribution in [3.63, 3.8) is 0 Å². The molecule has 1 rings (SSSR count). The van der Waals surface area contributed by atoms with Gasteiger partial charge < -0.3 is 40.3 Å². The molecule has 0 spiro atoms. The van der Waals surface area contributed by atoms with Gasteiger partial charge in [-0.05, 0) is 44.9 Å². The van der Waals surface area contributed by atoms with Crippen LogP contribution in [0.3, 0.4) is 0 Å². The van der Waals surface area contributed by atoms with Crippen LogP contribution in [0.15, 0.2) is 24.3 Å². The highest BCUT2D eigenvalue weighted by atomic mass is 16.7. The molecule has 7 atom stereocenters. The highest BCUT2D eigenvalue weighted by Crippen LogP contribution is 2.23. The van der Waals surface area contributed by atoms with Gasteiger partial charge in [0.05, 0.1) is 25.4 Å².